The van der Waals surface area contributed by atoms with Gasteiger partial charge in [-0.1, -0.05) is 29.8 Å². The fourth-order valence-corrected chi connectivity index (χ4v) is 3.47. The third-order valence-electron chi connectivity index (χ3n) is 5.20. The van der Waals surface area contributed by atoms with Crippen molar-refractivity contribution in [2.24, 2.45) is 0 Å². The van der Waals surface area contributed by atoms with Gasteiger partial charge in [0.1, 0.15) is 5.56 Å². The summed E-state index contributed by atoms with van der Waals surface area (Å²) in [5.41, 5.74) is 2.07. The normalized spacial score (nSPS) is 13.7. The molecule has 9 heteroatoms. The fraction of sp³-hybridized carbons (Fsp3) is 0.227. The minimum Gasteiger partial charge on any atom is -0.352 e. The van der Waals surface area contributed by atoms with Crippen LogP contribution in [0.5, 0.6) is 0 Å². The van der Waals surface area contributed by atoms with Gasteiger partial charge in [-0.05, 0) is 37.3 Å². The molecule has 3 aromatic rings. The highest BCUT2D eigenvalue weighted by molar-refractivity contribution is 5.98. The molecule has 0 atom stereocenters. The summed E-state index contributed by atoms with van der Waals surface area (Å²) in [6.07, 6.45) is 0. The molecule has 1 fully saturated rings. The highest BCUT2D eigenvalue weighted by Gasteiger charge is 2.27. The van der Waals surface area contributed by atoms with Crippen molar-refractivity contribution < 1.29 is 9.72 Å². The first kappa shape index (κ1) is 20.3. The van der Waals surface area contributed by atoms with Crippen LogP contribution in [0.25, 0.3) is 0 Å². The van der Waals surface area contributed by atoms with E-state index in [2.05, 4.69) is 15.5 Å². The van der Waals surface area contributed by atoms with Crippen LogP contribution >= 0.6 is 0 Å². The zero-order valence-corrected chi connectivity index (χ0v) is 17.1. The maximum absolute atomic E-state index is 12.8. The second kappa shape index (κ2) is 8.78. The van der Waals surface area contributed by atoms with Gasteiger partial charge in [0.05, 0.1) is 4.92 Å². The number of nitro groups is 1. The molecule has 0 radical (unpaired) electrons. The van der Waals surface area contributed by atoms with Crippen molar-refractivity contribution in [1.29, 1.82) is 0 Å². The average molecular weight is 418 g/mol. The summed E-state index contributed by atoms with van der Waals surface area (Å²) < 4.78 is 0. The molecule has 0 spiro atoms. The zero-order valence-electron chi connectivity index (χ0n) is 17.1. The summed E-state index contributed by atoms with van der Waals surface area (Å²) in [6, 6.07) is 17.8. The molecule has 1 N–H and O–H groups in total. The Hall–Kier alpha value is -4.01. The highest BCUT2D eigenvalue weighted by Crippen LogP contribution is 2.22. The number of benzene rings is 2. The summed E-state index contributed by atoms with van der Waals surface area (Å²) in [7, 11) is 0. The lowest BCUT2D eigenvalue weighted by atomic mass is 10.1. The van der Waals surface area contributed by atoms with Crippen molar-refractivity contribution in [3.63, 3.8) is 0 Å². The number of carbonyl (C=O) groups excluding carboxylic acids is 1. The highest BCUT2D eigenvalue weighted by atomic mass is 16.6. The van der Waals surface area contributed by atoms with Crippen LogP contribution in [0.15, 0.2) is 60.7 Å². The van der Waals surface area contributed by atoms with Gasteiger partial charge in [0.15, 0.2) is 11.6 Å². The van der Waals surface area contributed by atoms with Crippen molar-refractivity contribution in [2.45, 2.75) is 6.92 Å². The minimum atomic E-state index is -0.523. The number of nitro benzene ring substituents is 1. The first-order chi connectivity index (χ1) is 15.0. The summed E-state index contributed by atoms with van der Waals surface area (Å²) in [5.74, 6) is 1.06. The van der Waals surface area contributed by atoms with E-state index < -0.39 is 4.92 Å². The van der Waals surface area contributed by atoms with Crippen LogP contribution in [0.4, 0.5) is 23.0 Å². The molecule has 2 aromatic carbocycles. The van der Waals surface area contributed by atoms with Crippen molar-refractivity contribution in [1.82, 2.24) is 15.1 Å². The molecule has 4 rings (SSSR count). The number of rotatable bonds is 5. The van der Waals surface area contributed by atoms with Crippen LogP contribution in [0.1, 0.15) is 15.9 Å². The molecule has 0 unspecified atom stereocenters. The van der Waals surface area contributed by atoms with Crippen LogP contribution in [-0.2, 0) is 0 Å². The molecule has 0 aliphatic carbocycles. The Bertz CT molecular complexity index is 1080. The maximum atomic E-state index is 12.8. The maximum Gasteiger partial charge on any atom is 0.282 e. The Kier molecular flexibility index (Phi) is 5.74. The van der Waals surface area contributed by atoms with Crippen LogP contribution < -0.4 is 10.2 Å². The summed E-state index contributed by atoms with van der Waals surface area (Å²) in [6.45, 7) is 4.09. The molecule has 158 valence electrons. The third-order valence-corrected chi connectivity index (χ3v) is 5.20. The van der Waals surface area contributed by atoms with Gasteiger partial charge >= 0.3 is 0 Å². The monoisotopic (exact) mass is 418 g/mol. The second-order valence-corrected chi connectivity index (χ2v) is 7.32. The molecular weight excluding hydrogens is 396 g/mol. The molecule has 2 heterocycles. The number of carbonyl (C=O) groups is 1. The molecule has 1 aromatic heterocycles. The predicted molar refractivity (Wildman–Crippen MR) is 118 cm³/mol. The van der Waals surface area contributed by atoms with Crippen molar-refractivity contribution >= 4 is 28.9 Å². The van der Waals surface area contributed by atoms with Gasteiger partial charge in [0.25, 0.3) is 11.6 Å². The Morgan fingerprint density at radius 1 is 0.968 bits per heavy atom. The number of hydrogen-bond donors (Lipinski definition) is 1. The Morgan fingerprint density at radius 2 is 1.68 bits per heavy atom. The molecule has 1 amide bonds. The topological polar surface area (TPSA) is 104 Å². The third kappa shape index (κ3) is 4.61. The first-order valence-electron chi connectivity index (χ1n) is 9.96. The van der Waals surface area contributed by atoms with E-state index in [9.17, 15) is 14.9 Å². The molecule has 1 aliphatic heterocycles. The molecule has 0 bridgehead atoms. The number of nitrogens with one attached hydrogen (secondary N) is 1. The second-order valence-electron chi connectivity index (χ2n) is 7.32. The molecule has 9 nitrogen and oxygen atoms in total. The smallest absolute Gasteiger partial charge is 0.282 e. The number of amides is 1. The van der Waals surface area contributed by atoms with Crippen molar-refractivity contribution in [3.05, 3.63) is 81.9 Å². The van der Waals surface area contributed by atoms with E-state index >= 15 is 0 Å². The SMILES string of the molecule is Cc1ccc(Nc2ccc(N3CCN(C(=O)c4ccccc4[N+](=O)[O-])CC3)nn2)cc1. The quantitative estimate of drug-likeness (QED) is 0.500. The average Bonchev–Trinajstić information content (AvgIpc) is 2.81. The van der Waals surface area contributed by atoms with Crippen LogP contribution in [-0.4, -0.2) is 52.1 Å². The van der Waals surface area contributed by atoms with Crippen LogP contribution in [0, 0.1) is 17.0 Å². The Balaban J connectivity index is 1.37. The lowest BCUT2D eigenvalue weighted by molar-refractivity contribution is -0.385. The lowest BCUT2D eigenvalue weighted by Crippen LogP contribution is -2.49. The van der Waals surface area contributed by atoms with Gasteiger partial charge in [-0.3, -0.25) is 14.9 Å². The Morgan fingerprint density at radius 3 is 2.32 bits per heavy atom. The van der Waals surface area contributed by atoms with E-state index in [1.807, 2.05) is 48.2 Å². The number of hydrogen-bond acceptors (Lipinski definition) is 7. The number of piperazine rings is 1. The number of para-hydroxylation sites is 1. The molecular formula is C22H22N6O3. The van der Waals surface area contributed by atoms with Gasteiger partial charge in [0.2, 0.25) is 0 Å². The Labute approximate surface area is 179 Å². The largest absolute Gasteiger partial charge is 0.352 e. The van der Waals surface area contributed by atoms with Gasteiger partial charge in [-0.15, -0.1) is 10.2 Å². The van der Waals surface area contributed by atoms with E-state index in [1.54, 1.807) is 17.0 Å². The summed E-state index contributed by atoms with van der Waals surface area (Å²) >= 11 is 0. The number of nitrogens with zero attached hydrogens (tertiary/aromatic N) is 5. The number of anilines is 3. The molecule has 31 heavy (non-hydrogen) atoms. The lowest BCUT2D eigenvalue weighted by Gasteiger charge is -2.35. The molecule has 1 saturated heterocycles. The minimum absolute atomic E-state index is 0.118. The standard InChI is InChI=1S/C22H22N6O3/c1-16-6-8-17(9-7-16)23-20-10-11-21(25-24-20)26-12-14-27(15-13-26)22(29)18-4-2-3-5-19(18)28(30)31/h2-11H,12-15H2,1H3,(H,23,24). The van der Waals surface area contributed by atoms with E-state index in [0.29, 0.717) is 32.0 Å². The van der Waals surface area contributed by atoms with Crippen LogP contribution in [0.2, 0.25) is 0 Å². The van der Waals surface area contributed by atoms with Gasteiger partial charge < -0.3 is 15.1 Å². The van der Waals surface area contributed by atoms with E-state index in [1.165, 1.54) is 17.7 Å². The number of aryl methyl sites for hydroxylation is 1. The van der Waals surface area contributed by atoms with E-state index in [0.717, 1.165) is 11.5 Å². The first-order valence-corrected chi connectivity index (χ1v) is 9.96. The fourth-order valence-electron chi connectivity index (χ4n) is 3.47. The number of aromatic nitrogens is 2. The van der Waals surface area contributed by atoms with E-state index in [4.69, 9.17) is 0 Å². The van der Waals surface area contributed by atoms with Crippen LogP contribution in [0.3, 0.4) is 0 Å². The summed E-state index contributed by atoms with van der Waals surface area (Å²) in [4.78, 5) is 27.1. The molecule has 0 saturated carbocycles. The van der Waals surface area contributed by atoms with Crippen molar-refractivity contribution in [2.75, 3.05) is 36.4 Å². The van der Waals surface area contributed by atoms with Gasteiger partial charge in [-0.2, -0.15) is 0 Å². The summed E-state index contributed by atoms with van der Waals surface area (Å²) in [5, 5.41) is 23.0. The van der Waals surface area contributed by atoms with Gasteiger partial charge in [-0.25, -0.2) is 0 Å². The zero-order chi connectivity index (χ0) is 21.8. The predicted octanol–water partition coefficient (Wildman–Crippen LogP) is 3.40. The molecule has 1 aliphatic rings. The van der Waals surface area contributed by atoms with E-state index in [-0.39, 0.29) is 17.2 Å². The van der Waals surface area contributed by atoms with Gasteiger partial charge in [0, 0.05) is 37.9 Å². The van der Waals surface area contributed by atoms with Crippen molar-refractivity contribution in [3.8, 4) is 0 Å².